The van der Waals surface area contributed by atoms with Crippen LogP contribution in [0.2, 0.25) is 0 Å². The van der Waals surface area contributed by atoms with Gasteiger partial charge < -0.3 is 15.6 Å². The summed E-state index contributed by atoms with van der Waals surface area (Å²) in [5.41, 5.74) is 8.82. The van der Waals surface area contributed by atoms with E-state index in [-0.39, 0.29) is 0 Å². The van der Waals surface area contributed by atoms with E-state index in [0.717, 1.165) is 28.1 Å². The van der Waals surface area contributed by atoms with Gasteiger partial charge in [-0.1, -0.05) is 0 Å². The van der Waals surface area contributed by atoms with Crippen molar-refractivity contribution in [2.45, 2.75) is 0 Å². The molecule has 4 rings (SSSR count). The van der Waals surface area contributed by atoms with Gasteiger partial charge in [-0.25, -0.2) is 4.98 Å². The van der Waals surface area contributed by atoms with Crippen molar-refractivity contribution in [2.24, 2.45) is 5.73 Å². The average Bonchev–Trinajstić information content (AvgIpc) is 3.25. The smallest absolute Gasteiger partial charge is 0.248 e. The van der Waals surface area contributed by atoms with Crippen molar-refractivity contribution >= 4 is 39.7 Å². The second-order valence-electron chi connectivity index (χ2n) is 5.33. The number of rotatable bonds is 4. The maximum absolute atomic E-state index is 11.1. The zero-order chi connectivity index (χ0) is 16.5. The number of nitrogens with two attached hydrogens (primary N) is 1. The van der Waals surface area contributed by atoms with Gasteiger partial charge in [-0.3, -0.25) is 4.79 Å². The second-order valence-corrected chi connectivity index (χ2v) is 6.11. The first-order valence-corrected chi connectivity index (χ1v) is 8.32. The highest BCUT2D eigenvalue weighted by Crippen LogP contribution is 2.28. The van der Waals surface area contributed by atoms with Gasteiger partial charge in [-0.05, 0) is 47.8 Å². The molecule has 118 valence electrons. The van der Waals surface area contributed by atoms with Crippen molar-refractivity contribution in [1.82, 2.24) is 9.55 Å². The van der Waals surface area contributed by atoms with Crippen LogP contribution < -0.4 is 11.1 Å². The van der Waals surface area contributed by atoms with E-state index in [2.05, 4.69) is 31.7 Å². The Kier molecular flexibility index (Phi) is 3.51. The number of nitrogens with one attached hydrogen (secondary N) is 1. The summed E-state index contributed by atoms with van der Waals surface area (Å²) in [5, 5.41) is 8.49. The van der Waals surface area contributed by atoms with E-state index < -0.39 is 5.91 Å². The molecule has 5 nitrogen and oxygen atoms in total. The van der Waals surface area contributed by atoms with E-state index in [1.54, 1.807) is 29.7 Å². The van der Waals surface area contributed by atoms with E-state index in [9.17, 15) is 4.79 Å². The molecular weight excluding hydrogens is 320 g/mol. The predicted octanol–water partition coefficient (Wildman–Crippen LogP) is 3.93. The van der Waals surface area contributed by atoms with E-state index in [1.165, 1.54) is 0 Å². The lowest BCUT2D eigenvalue weighted by Crippen LogP contribution is -2.10. The normalized spacial score (nSPS) is 10.8. The maximum Gasteiger partial charge on any atom is 0.248 e. The minimum absolute atomic E-state index is 0.436. The van der Waals surface area contributed by atoms with Gasteiger partial charge in [-0.2, -0.15) is 11.3 Å². The Hall–Kier alpha value is -3.12. The topological polar surface area (TPSA) is 72.9 Å². The minimum Gasteiger partial charge on any atom is -0.366 e. The van der Waals surface area contributed by atoms with Gasteiger partial charge in [-0.15, -0.1) is 0 Å². The van der Waals surface area contributed by atoms with Crippen LogP contribution in [0.1, 0.15) is 10.4 Å². The summed E-state index contributed by atoms with van der Waals surface area (Å²) in [7, 11) is 0. The molecule has 3 heterocycles. The number of primary amides is 1. The fourth-order valence-electron chi connectivity index (χ4n) is 2.64. The van der Waals surface area contributed by atoms with Crippen LogP contribution in [0.15, 0.2) is 65.6 Å². The molecule has 3 aromatic heterocycles. The van der Waals surface area contributed by atoms with E-state index in [4.69, 9.17) is 5.73 Å². The van der Waals surface area contributed by atoms with Gasteiger partial charge in [0.2, 0.25) is 5.91 Å². The molecule has 0 aliphatic carbocycles. The van der Waals surface area contributed by atoms with Crippen molar-refractivity contribution in [3.63, 3.8) is 0 Å². The number of amides is 1. The van der Waals surface area contributed by atoms with Crippen LogP contribution in [-0.2, 0) is 0 Å². The number of anilines is 2. The molecule has 0 aliphatic rings. The maximum atomic E-state index is 11.1. The largest absolute Gasteiger partial charge is 0.366 e. The number of carbonyl (C=O) groups is 1. The molecule has 0 fully saturated rings. The number of benzene rings is 1. The molecule has 3 N–H and O–H groups in total. The van der Waals surface area contributed by atoms with Gasteiger partial charge in [0.1, 0.15) is 5.82 Å². The van der Waals surface area contributed by atoms with Gasteiger partial charge in [0.25, 0.3) is 0 Å². The van der Waals surface area contributed by atoms with Gasteiger partial charge in [0, 0.05) is 34.4 Å². The molecule has 0 aliphatic heterocycles. The van der Waals surface area contributed by atoms with Crippen LogP contribution in [0, 0.1) is 0 Å². The third-order valence-electron chi connectivity index (χ3n) is 3.83. The Balaban J connectivity index is 1.71. The van der Waals surface area contributed by atoms with E-state index in [0.29, 0.717) is 5.56 Å². The number of carbonyl (C=O) groups excluding carboxylic acids is 1. The van der Waals surface area contributed by atoms with E-state index >= 15 is 0 Å². The summed E-state index contributed by atoms with van der Waals surface area (Å²) >= 11 is 1.67. The molecule has 0 radical (unpaired) electrons. The number of pyridine rings is 1. The third-order valence-corrected chi connectivity index (χ3v) is 4.50. The first-order chi connectivity index (χ1) is 11.7. The summed E-state index contributed by atoms with van der Waals surface area (Å²) in [6.45, 7) is 0. The average molecular weight is 334 g/mol. The fourth-order valence-corrected chi connectivity index (χ4v) is 3.27. The number of hydrogen-bond donors (Lipinski definition) is 2. The van der Waals surface area contributed by atoms with E-state index in [1.807, 2.05) is 30.5 Å². The molecule has 0 saturated carbocycles. The summed E-state index contributed by atoms with van der Waals surface area (Å²) in [4.78, 5) is 15.6. The quantitative estimate of drug-likeness (QED) is 0.594. The lowest BCUT2D eigenvalue weighted by atomic mass is 10.2. The van der Waals surface area contributed by atoms with Crippen LogP contribution in [0.4, 0.5) is 11.5 Å². The molecule has 1 amide bonds. The van der Waals surface area contributed by atoms with Crippen LogP contribution >= 0.6 is 11.3 Å². The molecule has 4 aromatic rings. The summed E-state index contributed by atoms with van der Waals surface area (Å²) < 4.78 is 2.13. The molecule has 0 spiro atoms. The van der Waals surface area contributed by atoms with Gasteiger partial charge in [0.05, 0.1) is 11.2 Å². The monoisotopic (exact) mass is 334 g/mol. The van der Waals surface area contributed by atoms with Crippen LogP contribution in [0.3, 0.4) is 0 Å². The predicted molar refractivity (Wildman–Crippen MR) is 97.2 cm³/mol. The Morgan fingerprint density at radius 1 is 1.12 bits per heavy atom. The van der Waals surface area contributed by atoms with Crippen LogP contribution in [0.25, 0.3) is 16.6 Å². The Labute approximate surface area is 142 Å². The fraction of sp³-hybridized carbons (Fsp3) is 0. The standard InChI is InChI=1S/C18H14N4OS/c19-17(23)12-1-3-13(4-2-12)21-18-15-6-9-22(14-7-10-24-11-14)16(15)5-8-20-18/h1-11H,(H2,19,23)(H,20,21). The van der Waals surface area contributed by atoms with Crippen molar-refractivity contribution in [3.05, 3.63) is 71.2 Å². The zero-order valence-corrected chi connectivity index (χ0v) is 13.5. The zero-order valence-electron chi connectivity index (χ0n) is 12.6. The van der Waals surface area contributed by atoms with Crippen LogP contribution in [0.5, 0.6) is 0 Å². The number of thiophene rings is 1. The Morgan fingerprint density at radius 3 is 2.67 bits per heavy atom. The SMILES string of the molecule is NC(=O)c1ccc(Nc2nccc3c2ccn3-c2ccsc2)cc1. The molecule has 0 atom stereocenters. The minimum atomic E-state index is -0.436. The number of hydrogen-bond acceptors (Lipinski definition) is 4. The third kappa shape index (κ3) is 2.53. The molecular formula is C18H14N4OS. The Morgan fingerprint density at radius 2 is 1.96 bits per heavy atom. The van der Waals surface area contributed by atoms with Crippen LogP contribution in [-0.4, -0.2) is 15.5 Å². The van der Waals surface area contributed by atoms with Gasteiger partial charge >= 0.3 is 0 Å². The molecule has 0 bridgehead atoms. The van der Waals surface area contributed by atoms with Crippen molar-refractivity contribution in [2.75, 3.05) is 5.32 Å². The number of nitrogens with zero attached hydrogens (tertiary/aromatic N) is 2. The van der Waals surface area contributed by atoms with Crippen molar-refractivity contribution < 1.29 is 4.79 Å². The lowest BCUT2D eigenvalue weighted by molar-refractivity contribution is 0.100. The molecule has 24 heavy (non-hydrogen) atoms. The summed E-state index contributed by atoms with van der Waals surface area (Å²) in [6.07, 6.45) is 3.82. The van der Waals surface area contributed by atoms with Crippen molar-refractivity contribution in [1.29, 1.82) is 0 Å². The second kappa shape index (κ2) is 5.82. The highest BCUT2D eigenvalue weighted by Gasteiger charge is 2.09. The first kappa shape index (κ1) is 14.5. The molecule has 0 unspecified atom stereocenters. The lowest BCUT2D eigenvalue weighted by Gasteiger charge is -2.08. The summed E-state index contributed by atoms with van der Waals surface area (Å²) in [6, 6.07) is 13.1. The molecule has 6 heteroatoms. The first-order valence-electron chi connectivity index (χ1n) is 7.38. The highest BCUT2D eigenvalue weighted by atomic mass is 32.1. The highest BCUT2D eigenvalue weighted by molar-refractivity contribution is 7.08. The Bertz CT molecular complexity index is 1000. The number of fused-ring (bicyclic) bond motifs is 1. The summed E-state index contributed by atoms with van der Waals surface area (Å²) in [5.74, 6) is 0.336. The van der Waals surface area contributed by atoms with Gasteiger partial charge in [0.15, 0.2) is 0 Å². The van der Waals surface area contributed by atoms with Crippen molar-refractivity contribution in [3.8, 4) is 5.69 Å². The molecule has 0 saturated heterocycles. The molecule has 1 aromatic carbocycles. The number of aromatic nitrogens is 2.